The van der Waals surface area contributed by atoms with Crippen molar-refractivity contribution in [3.8, 4) is 0 Å². The summed E-state index contributed by atoms with van der Waals surface area (Å²) < 4.78 is 0. The first-order chi connectivity index (χ1) is 5.85. The third-order valence-corrected chi connectivity index (χ3v) is 2.51. The van der Waals surface area contributed by atoms with E-state index in [9.17, 15) is 0 Å². The van der Waals surface area contributed by atoms with Crippen LogP contribution in [0.25, 0.3) is 0 Å². The van der Waals surface area contributed by atoms with Gasteiger partial charge in [-0.3, -0.25) is 0 Å². The van der Waals surface area contributed by atoms with Gasteiger partial charge in [0.1, 0.15) is 0 Å². The van der Waals surface area contributed by atoms with E-state index in [0.717, 1.165) is 18.8 Å². The topological polar surface area (TPSA) is 12.0 Å². The normalized spacial score (nSPS) is 13.2. The van der Waals surface area contributed by atoms with Crippen LogP contribution in [0, 0.1) is 0 Å². The third-order valence-electron chi connectivity index (χ3n) is 2.14. The Hall–Kier alpha value is 0.250. The highest BCUT2D eigenvalue weighted by Gasteiger charge is 2.01. The average molecular weight is 192 g/mol. The molecule has 1 atom stereocenters. The van der Waals surface area contributed by atoms with Crippen LogP contribution in [0.5, 0.6) is 0 Å². The molecule has 0 radical (unpaired) electrons. The molecule has 2 heteroatoms. The van der Waals surface area contributed by atoms with E-state index in [1.807, 2.05) is 0 Å². The molecule has 1 nitrogen and oxygen atoms in total. The molecule has 0 spiro atoms. The highest BCUT2D eigenvalue weighted by molar-refractivity contribution is 6.18. The lowest BCUT2D eigenvalue weighted by Gasteiger charge is -2.12. The van der Waals surface area contributed by atoms with Crippen LogP contribution in [0.1, 0.15) is 46.0 Å². The van der Waals surface area contributed by atoms with Gasteiger partial charge in [-0.1, -0.05) is 33.1 Å². The Balaban J connectivity index is 3.06. The zero-order chi connectivity index (χ0) is 9.23. The molecule has 0 aliphatic rings. The molecule has 12 heavy (non-hydrogen) atoms. The first kappa shape index (κ1) is 12.2. The van der Waals surface area contributed by atoms with E-state index in [1.165, 1.54) is 25.7 Å². The van der Waals surface area contributed by atoms with Crippen molar-refractivity contribution in [1.82, 2.24) is 5.32 Å². The zero-order valence-electron chi connectivity index (χ0n) is 8.41. The lowest BCUT2D eigenvalue weighted by Crippen LogP contribution is -2.30. The van der Waals surface area contributed by atoms with Gasteiger partial charge < -0.3 is 5.32 Å². The number of hydrogen-bond donors (Lipinski definition) is 1. The number of hydrogen-bond acceptors (Lipinski definition) is 1. The molecule has 0 amide bonds. The first-order valence-corrected chi connectivity index (χ1v) is 5.67. The second kappa shape index (κ2) is 9.34. The average Bonchev–Trinajstić information content (AvgIpc) is 2.11. The first-order valence-electron chi connectivity index (χ1n) is 5.14. The van der Waals surface area contributed by atoms with Crippen molar-refractivity contribution in [3.63, 3.8) is 0 Å². The molecule has 1 unspecified atom stereocenters. The second-order valence-corrected chi connectivity index (χ2v) is 3.58. The Morgan fingerprint density at radius 3 is 2.42 bits per heavy atom. The molecule has 0 rings (SSSR count). The number of rotatable bonds is 8. The minimum atomic E-state index is 0.522. The maximum atomic E-state index is 5.75. The lowest BCUT2D eigenvalue weighted by atomic mass is 10.2. The van der Waals surface area contributed by atoms with E-state index in [4.69, 9.17) is 11.6 Å². The Morgan fingerprint density at radius 2 is 1.92 bits per heavy atom. The third kappa shape index (κ3) is 6.93. The highest BCUT2D eigenvalue weighted by atomic mass is 35.5. The molecule has 0 aliphatic heterocycles. The molecule has 0 heterocycles. The highest BCUT2D eigenvalue weighted by Crippen LogP contribution is 1.99. The molecule has 0 saturated carbocycles. The molecule has 1 N–H and O–H groups in total. The molecule has 0 aromatic rings. The Bertz CT molecular complexity index is 81.9. The van der Waals surface area contributed by atoms with Crippen molar-refractivity contribution in [2.45, 2.75) is 52.0 Å². The Labute approximate surface area is 81.9 Å². The molecule has 0 saturated heterocycles. The molecule has 0 fully saturated rings. The maximum Gasteiger partial charge on any atom is 0.0377 e. The summed E-state index contributed by atoms with van der Waals surface area (Å²) in [5.74, 6) is 0.740. The quantitative estimate of drug-likeness (QED) is 0.459. The van der Waals surface area contributed by atoms with Crippen LogP contribution in [-0.2, 0) is 0 Å². The monoisotopic (exact) mass is 191 g/mol. The summed E-state index contributed by atoms with van der Waals surface area (Å²) in [7, 11) is 0. The smallest absolute Gasteiger partial charge is 0.0377 e. The van der Waals surface area contributed by atoms with Crippen LogP contribution < -0.4 is 5.32 Å². The van der Waals surface area contributed by atoms with E-state index < -0.39 is 0 Å². The van der Waals surface area contributed by atoms with Crippen LogP contribution in [0.3, 0.4) is 0 Å². The molecule has 74 valence electrons. The van der Waals surface area contributed by atoms with E-state index in [2.05, 4.69) is 19.2 Å². The van der Waals surface area contributed by atoms with Crippen molar-refractivity contribution in [1.29, 1.82) is 0 Å². The number of unbranched alkanes of at least 4 members (excludes halogenated alkanes) is 3. The fraction of sp³-hybridized carbons (Fsp3) is 1.00. The van der Waals surface area contributed by atoms with Gasteiger partial charge in [0.25, 0.3) is 0 Å². The second-order valence-electron chi connectivity index (χ2n) is 3.27. The molecular formula is C10H22ClN. The molecular weight excluding hydrogens is 170 g/mol. The Morgan fingerprint density at radius 1 is 1.17 bits per heavy atom. The summed E-state index contributed by atoms with van der Waals surface area (Å²) in [6, 6.07) is 0.522. The van der Waals surface area contributed by atoms with Crippen LogP contribution in [0.2, 0.25) is 0 Å². The van der Waals surface area contributed by atoms with Crippen LogP contribution in [0.4, 0.5) is 0 Å². The van der Waals surface area contributed by atoms with Crippen molar-refractivity contribution in [3.05, 3.63) is 0 Å². The summed E-state index contributed by atoms with van der Waals surface area (Å²) in [6.45, 7) is 5.54. The van der Waals surface area contributed by atoms with E-state index in [0.29, 0.717) is 6.04 Å². The van der Waals surface area contributed by atoms with Crippen molar-refractivity contribution in [2.24, 2.45) is 0 Å². The van der Waals surface area contributed by atoms with E-state index >= 15 is 0 Å². The number of alkyl halides is 1. The van der Waals surface area contributed by atoms with Crippen molar-refractivity contribution in [2.75, 3.05) is 12.4 Å². The van der Waals surface area contributed by atoms with Gasteiger partial charge in [-0.05, 0) is 19.4 Å². The molecule has 0 aromatic heterocycles. The molecule has 0 aromatic carbocycles. The maximum absolute atomic E-state index is 5.75. The van der Waals surface area contributed by atoms with Gasteiger partial charge >= 0.3 is 0 Å². The molecule has 0 aliphatic carbocycles. The van der Waals surface area contributed by atoms with E-state index in [-0.39, 0.29) is 0 Å². The fourth-order valence-electron chi connectivity index (χ4n) is 1.17. The summed E-state index contributed by atoms with van der Waals surface area (Å²) in [5.41, 5.74) is 0. The van der Waals surface area contributed by atoms with Crippen molar-refractivity contribution < 1.29 is 0 Å². The minimum Gasteiger partial charge on any atom is -0.313 e. The minimum absolute atomic E-state index is 0.522. The predicted molar refractivity (Wildman–Crippen MR) is 56.9 cm³/mol. The largest absolute Gasteiger partial charge is 0.313 e. The van der Waals surface area contributed by atoms with Gasteiger partial charge in [-0.25, -0.2) is 0 Å². The van der Waals surface area contributed by atoms with Crippen LogP contribution in [0.15, 0.2) is 0 Å². The summed E-state index contributed by atoms with van der Waals surface area (Å²) in [6.07, 6.45) is 6.45. The lowest BCUT2D eigenvalue weighted by molar-refractivity contribution is 0.513. The fourth-order valence-corrected chi connectivity index (χ4v) is 1.49. The SMILES string of the molecule is CCCCCCNC(CC)CCl. The number of halogens is 1. The van der Waals surface area contributed by atoms with Crippen LogP contribution >= 0.6 is 11.6 Å². The van der Waals surface area contributed by atoms with E-state index in [1.54, 1.807) is 0 Å². The van der Waals surface area contributed by atoms with Crippen molar-refractivity contribution >= 4 is 11.6 Å². The summed E-state index contributed by atoms with van der Waals surface area (Å²) in [4.78, 5) is 0. The summed E-state index contributed by atoms with van der Waals surface area (Å²) >= 11 is 5.75. The predicted octanol–water partition coefficient (Wildman–Crippen LogP) is 3.17. The van der Waals surface area contributed by atoms with Gasteiger partial charge in [-0.15, -0.1) is 11.6 Å². The van der Waals surface area contributed by atoms with Gasteiger partial charge in [0.2, 0.25) is 0 Å². The van der Waals surface area contributed by atoms with Gasteiger partial charge in [0.15, 0.2) is 0 Å². The van der Waals surface area contributed by atoms with Gasteiger partial charge in [-0.2, -0.15) is 0 Å². The zero-order valence-corrected chi connectivity index (χ0v) is 9.16. The number of nitrogens with one attached hydrogen (secondary N) is 1. The van der Waals surface area contributed by atoms with Gasteiger partial charge in [0.05, 0.1) is 0 Å². The van der Waals surface area contributed by atoms with Gasteiger partial charge in [0, 0.05) is 11.9 Å². The Kier molecular flexibility index (Phi) is 9.53. The summed E-state index contributed by atoms with van der Waals surface area (Å²) in [5, 5.41) is 3.45. The van der Waals surface area contributed by atoms with Crippen LogP contribution in [-0.4, -0.2) is 18.5 Å². The standard InChI is InChI=1S/C10H22ClN/c1-3-5-6-7-8-12-10(4-2)9-11/h10,12H,3-9H2,1-2H3. The molecule has 0 bridgehead atoms.